The van der Waals surface area contributed by atoms with Crippen molar-refractivity contribution in [2.24, 2.45) is 0 Å². The zero-order valence-corrected chi connectivity index (χ0v) is 11.1. The lowest BCUT2D eigenvalue weighted by atomic mass is 10.2. The van der Waals surface area contributed by atoms with E-state index in [0.29, 0.717) is 6.42 Å². The van der Waals surface area contributed by atoms with E-state index in [-0.39, 0.29) is 0 Å². The molecule has 0 saturated heterocycles. The Hall–Kier alpha value is -1.35. The van der Waals surface area contributed by atoms with E-state index in [4.69, 9.17) is 5.11 Å². The summed E-state index contributed by atoms with van der Waals surface area (Å²) in [4.78, 5) is 10.2. The van der Waals surface area contributed by atoms with Gasteiger partial charge in [0, 0.05) is 7.11 Å². The van der Waals surface area contributed by atoms with Gasteiger partial charge in [-0.1, -0.05) is 48.7 Å². The van der Waals surface area contributed by atoms with Crippen LogP contribution in [0.25, 0.3) is 0 Å². The Balaban J connectivity index is 0.000000302. The molecule has 3 nitrogen and oxygen atoms in total. The van der Waals surface area contributed by atoms with Crippen LogP contribution in [0.5, 0.6) is 0 Å². The zero-order valence-electron chi connectivity index (χ0n) is 11.1. The summed E-state index contributed by atoms with van der Waals surface area (Å²) in [5.41, 5.74) is 2.66. The van der Waals surface area contributed by atoms with Gasteiger partial charge in [0.25, 0.3) is 0 Å². The van der Waals surface area contributed by atoms with E-state index < -0.39 is 12.1 Å². The molecule has 1 aromatic carbocycles. The maximum absolute atomic E-state index is 10.2. The molecule has 0 radical (unpaired) electrons. The number of ether oxygens (including phenoxy) is 1. The van der Waals surface area contributed by atoms with Gasteiger partial charge in [-0.15, -0.1) is 0 Å². The van der Waals surface area contributed by atoms with E-state index in [9.17, 15) is 4.79 Å². The minimum Gasteiger partial charge on any atom is -0.479 e. The molecule has 0 aliphatic rings. The molecular weight excluding hydrogens is 216 g/mol. The van der Waals surface area contributed by atoms with Crippen LogP contribution in [-0.4, -0.2) is 24.3 Å². The number of hydrogen-bond donors (Lipinski definition) is 1. The lowest BCUT2D eigenvalue weighted by Crippen LogP contribution is -2.21. The minimum absolute atomic E-state index is 0.589. The normalized spacial score (nSPS) is 11.3. The van der Waals surface area contributed by atoms with E-state index in [1.165, 1.54) is 18.2 Å². The minimum atomic E-state index is -0.876. The maximum Gasteiger partial charge on any atom is 0.332 e. The Kier molecular flexibility index (Phi) is 8.07. The number of rotatable bonds is 4. The van der Waals surface area contributed by atoms with Gasteiger partial charge >= 0.3 is 5.97 Å². The van der Waals surface area contributed by atoms with Crippen molar-refractivity contribution in [2.45, 2.75) is 39.7 Å². The van der Waals surface area contributed by atoms with Gasteiger partial charge in [0.1, 0.15) is 0 Å². The first-order valence-electron chi connectivity index (χ1n) is 5.80. The number of hydrogen-bond acceptors (Lipinski definition) is 2. The molecular formula is C14H22O3. The summed E-state index contributed by atoms with van der Waals surface area (Å²) >= 11 is 0. The highest BCUT2D eigenvalue weighted by Crippen LogP contribution is 2.00. The number of carbonyl (C=O) groups is 1. The number of carboxylic acid groups (broad SMARTS) is 1. The predicted molar refractivity (Wildman–Crippen MR) is 69.3 cm³/mol. The number of aliphatic carboxylic acids is 1. The number of benzene rings is 1. The van der Waals surface area contributed by atoms with E-state index in [0.717, 1.165) is 6.42 Å². The van der Waals surface area contributed by atoms with E-state index in [1.54, 1.807) is 0 Å². The molecule has 1 atom stereocenters. The summed E-state index contributed by atoms with van der Waals surface area (Å²) in [5.74, 6) is -0.876. The van der Waals surface area contributed by atoms with Crippen LogP contribution in [0, 0.1) is 13.8 Å². The summed E-state index contributed by atoms with van der Waals surface area (Å²) in [6, 6.07) is 8.48. The molecule has 96 valence electrons. The highest BCUT2D eigenvalue weighted by atomic mass is 16.5. The second-order valence-corrected chi connectivity index (χ2v) is 4.01. The SMILES string of the molecule is CCCC(OC)C(=O)O.Cc1ccc(C)cc1. The molecule has 3 heteroatoms. The highest BCUT2D eigenvalue weighted by molar-refractivity contribution is 5.72. The number of aryl methyl sites for hydroxylation is 2. The summed E-state index contributed by atoms with van der Waals surface area (Å²) in [7, 11) is 1.41. The van der Waals surface area contributed by atoms with Crippen LogP contribution in [-0.2, 0) is 9.53 Å². The number of carboxylic acids is 1. The van der Waals surface area contributed by atoms with Crippen molar-refractivity contribution < 1.29 is 14.6 Å². The van der Waals surface area contributed by atoms with Crippen LogP contribution in [0.2, 0.25) is 0 Å². The van der Waals surface area contributed by atoms with Gasteiger partial charge in [-0.25, -0.2) is 4.79 Å². The number of methoxy groups -OCH3 is 1. The van der Waals surface area contributed by atoms with Gasteiger partial charge in [0.05, 0.1) is 0 Å². The van der Waals surface area contributed by atoms with Crippen molar-refractivity contribution >= 4 is 5.97 Å². The Morgan fingerprint density at radius 2 is 1.65 bits per heavy atom. The van der Waals surface area contributed by atoms with Crippen LogP contribution in [0.4, 0.5) is 0 Å². The second-order valence-electron chi connectivity index (χ2n) is 4.01. The second kappa shape index (κ2) is 8.76. The third kappa shape index (κ3) is 7.53. The molecule has 1 N–H and O–H groups in total. The molecule has 0 spiro atoms. The third-order valence-corrected chi connectivity index (χ3v) is 2.33. The van der Waals surface area contributed by atoms with Gasteiger partial charge < -0.3 is 9.84 Å². The fourth-order valence-corrected chi connectivity index (χ4v) is 1.24. The molecule has 0 bridgehead atoms. The molecule has 0 aliphatic carbocycles. The van der Waals surface area contributed by atoms with Crippen molar-refractivity contribution in [3.63, 3.8) is 0 Å². The average Bonchev–Trinajstić information content (AvgIpc) is 2.30. The zero-order chi connectivity index (χ0) is 13.3. The van der Waals surface area contributed by atoms with Gasteiger partial charge in [0.15, 0.2) is 6.10 Å². The van der Waals surface area contributed by atoms with Crippen molar-refractivity contribution in [3.05, 3.63) is 35.4 Å². The molecule has 1 aromatic rings. The molecule has 0 aromatic heterocycles. The third-order valence-electron chi connectivity index (χ3n) is 2.33. The van der Waals surface area contributed by atoms with Crippen LogP contribution in [0.15, 0.2) is 24.3 Å². The molecule has 1 unspecified atom stereocenters. The first kappa shape index (κ1) is 15.7. The molecule has 0 saturated carbocycles. The fourth-order valence-electron chi connectivity index (χ4n) is 1.24. The molecule has 0 fully saturated rings. The van der Waals surface area contributed by atoms with Crippen LogP contribution in [0.3, 0.4) is 0 Å². The van der Waals surface area contributed by atoms with Crippen LogP contribution in [0.1, 0.15) is 30.9 Å². The van der Waals surface area contributed by atoms with Gasteiger partial charge in [-0.2, -0.15) is 0 Å². The van der Waals surface area contributed by atoms with E-state index in [1.807, 2.05) is 6.92 Å². The van der Waals surface area contributed by atoms with Crippen molar-refractivity contribution in [1.82, 2.24) is 0 Å². The lowest BCUT2D eigenvalue weighted by Gasteiger charge is -2.06. The first-order chi connectivity index (χ1) is 8.01. The molecule has 1 rings (SSSR count). The summed E-state index contributed by atoms with van der Waals surface area (Å²) < 4.78 is 4.65. The van der Waals surface area contributed by atoms with Crippen molar-refractivity contribution in [1.29, 1.82) is 0 Å². The summed E-state index contributed by atoms with van der Waals surface area (Å²) in [6.07, 6.45) is 0.811. The summed E-state index contributed by atoms with van der Waals surface area (Å²) in [6.45, 7) is 6.12. The van der Waals surface area contributed by atoms with Crippen LogP contribution >= 0.6 is 0 Å². The van der Waals surface area contributed by atoms with Gasteiger partial charge in [-0.05, 0) is 20.3 Å². The monoisotopic (exact) mass is 238 g/mol. The quantitative estimate of drug-likeness (QED) is 0.876. The summed E-state index contributed by atoms with van der Waals surface area (Å²) in [5, 5.41) is 8.38. The smallest absolute Gasteiger partial charge is 0.332 e. The Morgan fingerprint density at radius 3 is 1.82 bits per heavy atom. The Labute approximate surface area is 103 Å². The Bertz CT molecular complexity index is 296. The standard InChI is InChI=1S/C8H10.C6H12O3/c1-7-3-5-8(2)6-4-7;1-3-4-5(9-2)6(7)8/h3-6H,1-2H3;5H,3-4H2,1-2H3,(H,7,8). The molecule has 17 heavy (non-hydrogen) atoms. The topological polar surface area (TPSA) is 46.5 Å². The molecule has 0 amide bonds. The molecule has 0 heterocycles. The van der Waals surface area contributed by atoms with Gasteiger partial charge in [-0.3, -0.25) is 0 Å². The predicted octanol–water partition coefficient (Wildman–Crippen LogP) is 3.19. The molecule has 0 aliphatic heterocycles. The highest BCUT2D eigenvalue weighted by Gasteiger charge is 2.13. The van der Waals surface area contributed by atoms with E-state index >= 15 is 0 Å². The average molecular weight is 238 g/mol. The largest absolute Gasteiger partial charge is 0.479 e. The lowest BCUT2D eigenvalue weighted by molar-refractivity contribution is -0.148. The van der Waals surface area contributed by atoms with Gasteiger partial charge in [0.2, 0.25) is 0 Å². The van der Waals surface area contributed by atoms with Crippen molar-refractivity contribution in [3.8, 4) is 0 Å². The van der Waals surface area contributed by atoms with Crippen molar-refractivity contribution in [2.75, 3.05) is 7.11 Å². The first-order valence-corrected chi connectivity index (χ1v) is 5.80. The fraction of sp³-hybridized carbons (Fsp3) is 0.500. The van der Waals surface area contributed by atoms with E-state index in [2.05, 4.69) is 42.8 Å². The van der Waals surface area contributed by atoms with Crippen LogP contribution < -0.4 is 0 Å². The Morgan fingerprint density at radius 1 is 1.24 bits per heavy atom. The maximum atomic E-state index is 10.2.